The van der Waals surface area contributed by atoms with Crippen molar-refractivity contribution in [2.24, 2.45) is 0 Å². The van der Waals surface area contributed by atoms with Crippen molar-refractivity contribution in [2.45, 2.75) is 303 Å². The van der Waals surface area contributed by atoms with Crippen LogP contribution in [0.2, 0.25) is 0 Å². The Kier molecular flexibility index (Phi) is 74.5. The number of ether oxygens (including phenoxy) is 4. The lowest BCUT2D eigenvalue weighted by molar-refractivity contribution is -0.161. The molecule has 5 unspecified atom stereocenters. The summed E-state index contributed by atoms with van der Waals surface area (Å²) in [6.45, 7) is 4.30. The average Bonchev–Trinajstić information content (AvgIpc) is 0.900. The summed E-state index contributed by atoms with van der Waals surface area (Å²) in [5.41, 5.74) is 0. The third-order valence-corrected chi connectivity index (χ3v) is 18.0. The molecule has 17 nitrogen and oxygen atoms in total. The molecule has 0 aromatic carbocycles. The third-order valence-electron chi connectivity index (χ3n) is 16.1. The van der Waals surface area contributed by atoms with Crippen molar-refractivity contribution in [2.75, 3.05) is 39.6 Å². The monoisotopic (exact) mass is 1540 g/mol. The van der Waals surface area contributed by atoms with Gasteiger partial charge >= 0.3 is 39.5 Å². The van der Waals surface area contributed by atoms with E-state index in [4.69, 9.17) is 37.0 Å². The van der Waals surface area contributed by atoms with Gasteiger partial charge in [0.2, 0.25) is 0 Å². The number of aliphatic hydroxyl groups excluding tert-OH is 1. The first-order valence-corrected chi connectivity index (χ1v) is 43.7. The highest BCUT2D eigenvalue weighted by Crippen LogP contribution is 2.45. The maximum absolute atomic E-state index is 13.1. The van der Waals surface area contributed by atoms with Gasteiger partial charge < -0.3 is 33.8 Å². The third kappa shape index (κ3) is 78.0. The number of unbranched alkanes of at least 4 members (excludes halogenated alkanes) is 17. The van der Waals surface area contributed by atoms with E-state index in [1.165, 1.54) is 19.3 Å². The van der Waals surface area contributed by atoms with Crippen LogP contribution in [0.1, 0.15) is 285 Å². The summed E-state index contributed by atoms with van der Waals surface area (Å²) in [6.07, 6.45) is 97.2. The van der Waals surface area contributed by atoms with E-state index in [1.807, 2.05) is 12.2 Å². The van der Waals surface area contributed by atoms with E-state index in [2.05, 4.69) is 198 Å². The molecule has 0 aromatic rings. The van der Waals surface area contributed by atoms with Gasteiger partial charge in [0.25, 0.3) is 0 Å². The topological polar surface area (TPSA) is 237 Å². The van der Waals surface area contributed by atoms with Gasteiger partial charge in [-0.15, -0.1) is 0 Å². The highest BCUT2D eigenvalue weighted by atomic mass is 31.2. The largest absolute Gasteiger partial charge is 0.472 e. The number of allylic oxidation sites excluding steroid dienone is 31. The van der Waals surface area contributed by atoms with E-state index in [1.54, 1.807) is 12.2 Å². The second kappa shape index (κ2) is 79.0. The number of rotatable bonds is 74. The Balaban J connectivity index is 5.51. The molecule has 0 fully saturated rings. The number of aliphatic hydroxyl groups is 1. The zero-order chi connectivity index (χ0) is 78.9. The van der Waals surface area contributed by atoms with Crippen LogP contribution in [-0.2, 0) is 65.4 Å². The second-order valence-corrected chi connectivity index (χ2v) is 29.1. The van der Waals surface area contributed by atoms with Gasteiger partial charge in [-0.1, -0.05) is 286 Å². The molecule has 5 atom stereocenters. The SMILES string of the molecule is CC/C=C\C/C=C\C/C=C\C/C=C\C/C=C\CC(=O)OC(COC(=O)CCCCCCCC/C=C\C/C=C\C/C=C\CCCCC)COP(=O)(O)OCC(O)COP(=O)(O)OCC(COC(=O)CCCCCC/C=C\C/C=C\C/C=C\C/C=C\CC)OC(=O)CCCCCC/C=C\C/C=C\C/C=C\C/C=C\CC. The number of carbonyl (C=O) groups is 4. The maximum atomic E-state index is 13.1. The predicted octanol–water partition coefficient (Wildman–Crippen LogP) is 24.1. The van der Waals surface area contributed by atoms with Crippen molar-refractivity contribution in [1.29, 1.82) is 0 Å². The Morgan fingerprint density at radius 1 is 0.278 bits per heavy atom. The molecule has 0 radical (unpaired) electrons. The van der Waals surface area contributed by atoms with Crippen LogP contribution in [-0.4, -0.2) is 96.7 Å². The van der Waals surface area contributed by atoms with Crippen LogP contribution >= 0.6 is 15.6 Å². The van der Waals surface area contributed by atoms with Crippen molar-refractivity contribution in [3.8, 4) is 0 Å². The molecule has 0 rings (SSSR count). The number of carbonyl (C=O) groups excluding carboxylic acids is 4. The summed E-state index contributed by atoms with van der Waals surface area (Å²) in [7, 11) is -10.0. The highest BCUT2D eigenvalue weighted by Gasteiger charge is 2.30. The summed E-state index contributed by atoms with van der Waals surface area (Å²) in [6, 6.07) is 0. The first-order valence-electron chi connectivity index (χ1n) is 40.7. The Bertz CT molecular complexity index is 2810. The van der Waals surface area contributed by atoms with E-state index in [9.17, 15) is 43.2 Å². The number of esters is 4. The molecule has 0 saturated heterocycles. The summed E-state index contributed by atoms with van der Waals surface area (Å²) in [5.74, 6) is -2.41. The number of phosphoric acid groups is 2. The first-order chi connectivity index (χ1) is 52.7. The second-order valence-electron chi connectivity index (χ2n) is 26.2. The number of hydrogen-bond donors (Lipinski definition) is 3. The fourth-order valence-electron chi connectivity index (χ4n) is 9.99. The smallest absolute Gasteiger partial charge is 0.462 e. The van der Waals surface area contributed by atoms with Crippen LogP contribution in [0.25, 0.3) is 0 Å². The molecule has 0 heterocycles. The number of phosphoric ester groups is 2. The van der Waals surface area contributed by atoms with Gasteiger partial charge in [-0.25, -0.2) is 9.13 Å². The molecule has 610 valence electrons. The average molecular weight is 1550 g/mol. The lowest BCUT2D eigenvalue weighted by Gasteiger charge is -2.21. The normalized spacial score (nSPS) is 14.8. The Morgan fingerprint density at radius 2 is 0.519 bits per heavy atom. The van der Waals surface area contributed by atoms with Crippen LogP contribution in [0.4, 0.5) is 0 Å². The molecule has 0 aliphatic carbocycles. The van der Waals surface area contributed by atoms with Crippen molar-refractivity contribution in [1.82, 2.24) is 0 Å². The van der Waals surface area contributed by atoms with Gasteiger partial charge in [0.1, 0.15) is 19.3 Å². The van der Waals surface area contributed by atoms with Crippen molar-refractivity contribution in [3.63, 3.8) is 0 Å². The molecule has 3 N–H and O–H groups in total. The van der Waals surface area contributed by atoms with Gasteiger partial charge in [-0.3, -0.25) is 37.3 Å². The van der Waals surface area contributed by atoms with Crippen molar-refractivity contribution in [3.05, 3.63) is 194 Å². The van der Waals surface area contributed by atoms with Crippen LogP contribution in [0.3, 0.4) is 0 Å². The fourth-order valence-corrected chi connectivity index (χ4v) is 11.6. The molecule has 0 bridgehead atoms. The first kappa shape index (κ1) is 102. The molecular formula is C89H142O17P2. The van der Waals surface area contributed by atoms with Crippen LogP contribution in [0.5, 0.6) is 0 Å². The zero-order valence-electron chi connectivity index (χ0n) is 66.7. The van der Waals surface area contributed by atoms with E-state index >= 15 is 0 Å². The minimum absolute atomic E-state index is 0.0505. The quantitative estimate of drug-likeness (QED) is 0.0169. The van der Waals surface area contributed by atoms with Crippen LogP contribution in [0.15, 0.2) is 194 Å². The molecular weight excluding hydrogens is 1400 g/mol. The molecule has 108 heavy (non-hydrogen) atoms. The molecule has 0 spiro atoms. The Labute approximate surface area is 653 Å². The van der Waals surface area contributed by atoms with Gasteiger partial charge in [-0.05, 0) is 167 Å². The minimum atomic E-state index is -5.02. The fraction of sp³-hybridized carbons (Fsp3) is 0.596. The van der Waals surface area contributed by atoms with Crippen molar-refractivity contribution >= 4 is 39.5 Å². The summed E-state index contributed by atoms with van der Waals surface area (Å²) in [4.78, 5) is 73.1. The molecule has 0 aliphatic rings. The summed E-state index contributed by atoms with van der Waals surface area (Å²) < 4.78 is 68.5. The van der Waals surface area contributed by atoms with Crippen LogP contribution in [0, 0.1) is 0 Å². The molecule has 0 aliphatic heterocycles. The highest BCUT2D eigenvalue weighted by molar-refractivity contribution is 7.47. The lowest BCUT2D eigenvalue weighted by atomic mass is 10.1. The molecule has 19 heteroatoms. The maximum Gasteiger partial charge on any atom is 0.472 e. The lowest BCUT2D eigenvalue weighted by Crippen LogP contribution is -2.30. The summed E-state index contributed by atoms with van der Waals surface area (Å²) in [5, 5.41) is 10.7. The standard InChI is InChI=1S/C89H142O17P2/c1-5-9-13-17-21-25-29-33-37-40-41-44-47-50-54-58-62-66-70-74-87(92)100-79-84(105-88(93)75-71-67-63-59-55-51-45-36-32-28-24-20-16-12-8-4)81-103-107(95,96)101-77-83(90)78-102-108(97,98)104-82-85(106-89(94)76-72-68-64-60-56-52-48-43-39-35-31-27-23-19-15-11-7-3)80-99-86(91)73-69-65-61-57-53-49-46-42-38-34-30-26-22-18-14-10-6-2/h10-12,14-16,21-28,33-39,41,44-46,48-49,52,55,59,67,71,83-85,90H,5-9,13,17-20,29-32,40,42-43,47,50-51,53-54,56-58,60-66,68-70,72-82H2,1-4H3,(H,95,96)(H,97,98)/b14-10-,15-11-,16-12-,25-21-,26-22-,27-23-,28-24-,37-33-,38-34-,39-35-,44-41-,45-36-,49-46-,52-48-,59-55-,71-67-. The Hall–Kier alpha value is -6.10. The molecule has 0 amide bonds. The minimum Gasteiger partial charge on any atom is -0.462 e. The van der Waals surface area contributed by atoms with E-state index < -0.39 is 97.5 Å². The van der Waals surface area contributed by atoms with Crippen LogP contribution < -0.4 is 0 Å². The zero-order valence-corrected chi connectivity index (χ0v) is 68.5. The van der Waals surface area contributed by atoms with Gasteiger partial charge in [0.15, 0.2) is 12.2 Å². The van der Waals surface area contributed by atoms with E-state index in [0.717, 1.165) is 186 Å². The van der Waals surface area contributed by atoms with Gasteiger partial charge in [0.05, 0.1) is 32.8 Å². The Morgan fingerprint density at radius 3 is 0.824 bits per heavy atom. The van der Waals surface area contributed by atoms with Crippen molar-refractivity contribution < 1.29 is 80.2 Å². The summed E-state index contributed by atoms with van der Waals surface area (Å²) >= 11 is 0. The molecule has 0 saturated carbocycles. The van der Waals surface area contributed by atoms with E-state index in [0.29, 0.717) is 25.7 Å². The predicted molar refractivity (Wildman–Crippen MR) is 445 cm³/mol. The van der Waals surface area contributed by atoms with Gasteiger partial charge in [0, 0.05) is 19.3 Å². The van der Waals surface area contributed by atoms with Gasteiger partial charge in [-0.2, -0.15) is 0 Å². The number of hydrogen-bond acceptors (Lipinski definition) is 15. The molecule has 0 aromatic heterocycles. The van der Waals surface area contributed by atoms with E-state index in [-0.39, 0.29) is 25.7 Å².